The van der Waals surface area contributed by atoms with Crippen LogP contribution in [0.3, 0.4) is 0 Å². The lowest BCUT2D eigenvalue weighted by Crippen LogP contribution is -2.41. The van der Waals surface area contributed by atoms with Gasteiger partial charge in [0.25, 0.3) is 0 Å². The molecule has 0 atom stereocenters. The Morgan fingerprint density at radius 3 is 2.54 bits per heavy atom. The molecule has 2 heterocycles. The van der Waals surface area contributed by atoms with E-state index >= 15 is 0 Å². The summed E-state index contributed by atoms with van der Waals surface area (Å²) in [7, 11) is -0.513. The molecule has 1 aromatic heterocycles. The maximum Gasteiger partial charge on any atom is 0.244 e. The predicted molar refractivity (Wildman–Crippen MR) is 104 cm³/mol. The highest BCUT2D eigenvalue weighted by Gasteiger charge is 2.32. The van der Waals surface area contributed by atoms with E-state index in [2.05, 4.69) is 10.3 Å². The molecule has 0 aliphatic carbocycles. The van der Waals surface area contributed by atoms with Gasteiger partial charge in [0.05, 0.1) is 19.9 Å². The number of amides is 1. The third-order valence-electron chi connectivity index (χ3n) is 4.76. The number of sulfonamides is 1. The Morgan fingerprint density at radius 1 is 1.18 bits per heavy atom. The number of pyridine rings is 1. The van der Waals surface area contributed by atoms with Crippen LogP contribution in [-0.4, -0.2) is 50.9 Å². The van der Waals surface area contributed by atoms with Gasteiger partial charge in [0.1, 0.15) is 16.4 Å². The van der Waals surface area contributed by atoms with Crippen molar-refractivity contribution in [3.05, 3.63) is 42.7 Å². The molecule has 1 fully saturated rings. The van der Waals surface area contributed by atoms with E-state index < -0.39 is 10.0 Å². The second-order valence-electron chi connectivity index (χ2n) is 6.42. The van der Waals surface area contributed by atoms with Crippen molar-refractivity contribution in [1.29, 1.82) is 0 Å². The third kappa shape index (κ3) is 4.26. The van der Waals surface area contributed by atoms with Crippen molar-refractivity contribution >= 4 is 21.6 Å². The Kier molecular flexibility index (Phi) is 6.15. The lowest BCUT2D eigenvalue weighted by Gasteiger charge is -2.30. The SMILES string of the molecule is COc1ccc(OC)c(NC(=O)C2CCN(S(=O)(=O)c3cccnc3)CC2)c1. The highest BCUT2D eigenvalue weighted by molar-refractivity contribution is 7.89. The Bertz CT molecular complexity index is 926. The van der Waals surface area contributed by atoms with E-state index in [0.29, 0.717) is 30.0 Å². The molecule has 0 radical (unpaired) electrons. The average molecular weight is 405 g/mol. The zero-order valence-corrected chi connectivity index (χ0v) is 16.6. The third-order valence-corrected chi connectivity index (χ3v) is 6.64. The fourth-order valence-electron chi connectivity index (χ4n) is 3.15. The van der Waals surface area contributed by atoms with Gasteiger partial charge in [-0.3, -0.25) is 9.78 Å². The zero-order chi connectivity index (χ0) is 20.1. The van der Waals surface area contributed by atoms with Gasteiger partial charge in [-0.25, -0.2) is 8.42 Å². The number of carbonyl (C=O) groups is 1. The Labute approximate surface area is 164 Å². The summed E-state index contributed by atoms with van der Waals surface area (Å²) in [4.78, 5) is 16.7. The lowest BCUT2D eigenvalue weighted by atomic mass is 9.97. The maximum absolute atomic E-state index is 12.7. The van der Waals surface area contributed by atoms with Crippen LogP contribution in [-0.2, 0) is 14.8 Å². The summed E-state index contributed by atoms with van der Waals surface area (Å²) in [5, 5.41) is 2.87. The molecule has 1 saturated heterocycles. The summed E-state index contributed by atoms with van der Waals surface area (Å²) in [6.07, 6.45) is 3.75. The van der Waals surface area contributed by atoms with E-state index in [1.807, 2.05) is 0 Å². The number of nitrogens with one attached hydrogen (secondary N) is 1. The van der Waals surface area contributed by atoms with Crippen molar-refractivity contribution in [3.63, 3.8) is 0 Å². The highest BCUT2D eigenvalue weighted by Crippen LogP contribution is 2.30. The molecule has 0 saturated carbocycles. The van der Waals surface area contributed by atoms with E-state index in [0.717, 1.165) is 0 Å². The number of ether oxygens (including phenoxy) is 2. The van der Waals surface area contributed by atoms with Gasteiger partial charge in [-0.15, -0.1) is 0 Å². The lowest BCUT2D eigenvalue weighted by molar-refractivity contribution is -0.120. The summed E-state index contributed by atoms with van der Waals surface area (Å²) >= 11 is 0. The summed E-state index contributed by atoms with van der Waals surface area (Å²) in [5.74, 6) is 0.695. The van der Waals surface area contributed by atoms with Crippen molar-refractivity contribution in [3.8, 4) is 11.5 Å². The van der Waals surface area contributed by atoms with Gasteiger partial charge in [-0.2, -0.15) is 4.31 Å². The minimum absolute atomic E-state index is 0.162. The molecule has 150 valence electrons. The Balaban J connectivity index is 1.65. The van der Waals surface area contributed by atoms with Crippen molar-refractivity contribution < 1.29 is 22.7 Å². The summed E-state index contributed by atoms with van der Waals surface area (Å²) in [5.41, 5.74) is 0.525. The second-order valence-corrected chi connectivity index (χ2v) is 8.36. The normalized spacial score (nSPS) is 15.8. The molecule has 9 heteroatoms. The topological polar surface area (TPSA) is 97.8 Å². The maximum atomic E-state index is 12.7. The first-order valence-electron chi connectivity index (χ1n) is 8.88. The van der Waals surface area contributed by atoms with E-state index in [1.165, 1.54) is 29.9 Å². The van der Waals surface area contributed by atoms with Crippen molar-refractivity contribution in [2.75, 3.05) is 32.6 Å². The molecule has 1 aliphatic rings. The first kappa shape index (κ1) is 20.1. The first-order valence-corrected chi connectivity index (χ1v) is 10.3. The minimum atomic E-state index is -3.59. The quantitative estimate of drug-likeness (QED) is 0.791. The summed E-state index contributed by atoms with van der Waals surface area (Å²) in [6, 6.07) is 8.28. The van der Waals surface area contributed by atoms with Crippen LogP contribution < -0.4 is 14.8 Å². The summed E-state index contributed by atoms with van der Waals surface area (Å²) in [6.45, 7) is 0.565. The monoisotopic (exact) mass is 405 g/mol. The molecule has 3 rings (SSSR count). The number of anilines is 1. The van der Waals surface area contributed by atoms with E-state index in [-0.39, 0.29) is 29.8 Å². The fourth-order valence-corrected chi connectivity index (χ4v) is 4.59. The van der Waals surface area contributed by atoms with Crippen LogP contribution in [0.4, 0.5) is 5.69 Å². The van der Waals surface area contributed by atoms with Crippen LogP contribution in [0.1, 0.15) is 12.8 Å². The smallest absolute Gasteiger partial charge is 0.244 e. The molecule has 1 aromatic carbocycles. The standard InChI is InChI=1S/C19H23N3O5S/c1-26-15-5-6-18(27-2)17(12-15)21-19(23)14-7-10-22(11-8-14)28(24,25)16-4-3-9-20-13-16/h3-6,9,12-14H,7-8,10-11H2,1-2H3,(H,21,23). The molecule has 1 N–H and O–H groups in total. The second kappa shape index (κ2) is 8.57. The number of benzene rings is 1. The molecule has 1 amide bonds. The van der Waals surface area contributed by atoms with Gasteiger partial charge in [0, 0.05) is 37.5 Å². The number of nitrogens with zero attached hydrogens (tertiary/aromatic N) is 2. The molecule has 0 spiro atoms. The number of rotatable bonds is 6. The molecule has 0 bridgehead atoms. The molecular formula is C19H23N3O5S. The van der Waals surface area contributed by atoms with Gasteiger partial charge in [-0.05, 0) is 37.1 Å². The van der Waals surface area contributed by atoms with Crippen LogP contribution in [0.2, 0.25) is 0 Å². The molecular weight excluding hydrogens is 382 g/mol. The van der Waals surface area contributed by atoms with Crippen LogP contribution in [0.5, 0.6) is 11.5 Å². The number of methoxy groups -OCH3 is 2. The first-order chi connectivity index (χ1) is 13.5. The molecule has 0 unspecified atom stereocenters. The van der Waals surface area contributed by atoms with E-state index in [9.17, 15) is 13.2 Å². The van der Waals surface area contributed by atoms with E-state index in [4.69, 9.17) is 9.47 Å². The number of aromatic nitrogens is 1. The number of carbonyl (C=O) groups excluding carboxylic acids is 1. The van der Waals surface area contributed by atoms with Gasteiger partial charge >= 0.3 is 0 Å². The average Bonchev–Trinajstić information content (AvgIpc) is 2.74. The van der Waals surface area contributed by atoms with Crippen molar-refractivity contribution in [2.45, 2.75) is 17.7 Å². The van der Waals surface area contributed by atoms with Gasteiger partial charge in [0.15, 0.2) is 0 Å². The fraction of sp³-hybridized carbons (Fsp3) is 0.368. The van der Waals surface area contributed by atoms with Crippen LogP contribution in [0, 0.1) is 5.92 Å². The summed E-state index contributed by atoms with van der Waals surface area (Å²) < 4.78 is 37.2. The van der Waals surface area contributed by atoms with Crippen LogP contribution in [0.25, 0.3) is 0 Å². The Morgan fingerprint density at radius 2 is 1.93 bits per heavy atom. The van der Waals surface area contributed by atoms with Gasteiger partial charge in [0.2, 0.25) is 15.9 Å². The molecule has 2 aromatic rings. The van der Waals surface area contributed by atoms with Crippen molar-refractivity contribution in [1.82, 2.24) is 9.29 Å². The minimum Gasteiger partial charge on any atom is -0.497 e. The predicted octanol–water partition coefficient (Wildman–Crippen LogP) is 2.14. The number of hydrogen-bond acceptors (Lipinski definition) is 6. The molecule has 1 aliphatic heterocycles. The van der Waals surface area contributed by atoms with E-state index in [1.54, 1.807) is 31.4 Å². The Hall–Kier alpha value is -2.65. The molecule has 8 nitrogen and oxygen atoms in total. The zero-order valence-electron chi connectivity index (χ0n) is 15.8. The van der Waals surface area contributed by atoms with Gasteiger partial charge < -0.3 is 14.8 Å². The largest absolute Gasteiger partial charge is 0.497 e. The highest BCUT2D eigenvalue weighted by atomic mass is 32.2. The van der Waals surface area contributed by atoms with Crippen molar-refractivity contribution in [2.24, 2.45) is 5.92 Å². The molecule has 28 heavy (non-hydrogen) atoms. The van der Waals surface area contributed by atoms with Gasteiger partial charge in [-0.1, -0.05) is 0 Å². The number of hydrogen-bond donors (Lipinski definition) is 1. The number of piperidine rings is 1. The van der Waals surface area contributed by atoms with Crippen LogP contribution in [0.15, 0.2) is 47.6 Å². The van der Waals surface area contributed by atoms with Crippen LogP contribution >= 0.6 is 0 Å².